The van der Waals surface area contributed by atoms with Crippen LogP contribution in [-0.2, 0) is 16.0 Å². The van der Waals surface area contributed by atoms with Gasteiger partial charge in [-0.15, -0.1) is 0 Å². The Hall–Kier alpha value is -3.73. The molecule has 0 bridgehead atoms. The molecule has 5 heteroatoms. The number of nitrogens with zero attached hydrogens (tertiary/aromatic N) is 1. The number of aromatic amines is 1. The fourth-order valence-electron chi connectivity index (χ4n) is 3.51. The summed E-state index contributed by atoms with van der Waals surface area (Å²) < 4.78 is 18.8. The fourth-order valence-corrected chi connectivity index (χ4v) is 3.51. The third-order valence-electron chi connectivity index (χ3n) is 5.00. The molecule has 0 aliphatic carbocycles. The summed E-state index contributed by atoms with van der Waals surface area (Å²) in [6.45, 7) is 0. The van der Waals surface area contributed by atoms with E-state index in [1.54, 1.807) is 12.3 Å². The quantitative estimate of drug-likeness (QED) is 0.369. The molecule has 1 heterocycles. The zero-order chi connectivity index (χ0) is 20.9. The summed E-state index contributed by atoms with van der Waals surface area (Å²) in [6.07, 6.45) is 2.08. The number of aromatic nitrogens is 1. The van der Waals surface area contributed by atoms with Crippen LogP contribution in [0, 0.1) is 5.82 Å². The first kappa shape index (κ1) is 19.6. The normalized spacial score (nSPS) is 11.8. The van der Waals surface area contributed by atoms with Gasteiger partial charge < -0.3 is 9.72 Å². The zero-order valence-corrected chi connectivity index (χ0v) is 16.5. The van der Waals surface area contributed by atoms with Crippen molar-refractivity contribution in [2.45, 2.75) is 12.5 Å². The molecule has 150 valence electrons. The van der Waals surface area contributed by atoms with Gasteiger partial charge in [-0.1, -0.05) is 60.7 Å². The van der Waals surface area contributed by atoms with Crippen LogP contribution in [0.2, 0.25) is 0 Å². The number of H-pyrrole nitrogens is 1. The topological polar surface area (TPSA) is 54.5 Å². The number of nitrogens with one attached hydrogen (secondary N) is 1. The molecule has 1 atom stereocenters. The molecule has 0 amide bonds. The standard InChI is InChI=1S/C25H21FN2O2/c1-30-25(29)23(14-19-16-27-22-13-12-20(26)15-21(19)22)28-24(17-8-4-2-5-9-17)18-10-6-3-7-11-18/h2-13,15-16,23,27H,14H2,1H3/t23-/m1/s1. The van der Waals surface area contributed by atoms with E-state index >= 15 is 0 Å². The Kier molecular flexibility index (Phi) is 5.70. The van der Waals surface area contributed by atoms with Crippen molar-refractivity contribution < 1.29 is 13.9 Å². The summed E-state index contributed by atoms with van der Waals surface area (Å²) >= 11 is 0. The number of carbonyl (C=O) groups excluding carboxylic acids is 1. The van der Waals surface area contributed by atoms with Crippen LogP contribution in [0.3, 0.4) is 0 Å². The van der Waals surface area contributed by atoms with Crippen LogP contribution >= 0.6 is 0 Å². The number of hydrogen-bond donors (Lipinski definition) is 1. The molecule has 0 saturated heterocycles. The predicted molar refractivity (Wildman–Crippen MR) is 116 cm³/mol. The number of ether oxygens (including phenoxy) is 1. The molecule has 0 spiro atoms. The molecule has 0 aliphatic rings. The van der Waals surface area contributed by atoms with Crippen molar-refractivity contribution in [1.82, 2.24) is 4.98 Å². The molecule has 0 saturated carbocycles. The SMILES string of the molecule is COC(=O)[C@@H](Cc1c[nH]c2ccc(F)cc12)N=C(c1ccccc1)c1ccccc1. The second-order valence-electron chi connectivity index (χ2n) is 6.96. The van der Waals surface area contributed by atoms with Crippen LogP contribution in [0.15, 0.2) is 90.1 Å². The molecular formula is C25H21FN2O2. The molecule has 0 unspecified atom stereocenters. The lowest BCUT2D eigenvalue weighted by Crippen LogP contribution is -2.25. The number of halogens is 1. The molecule has 4 nitrogen and oxygen atoms in total. The maximum absolute atomic E-state index is 13.8. The van der Waals surface area contributed by atoms with E-state index in [0.717, 1.165) is 27.6 Å². The van der Waals surface area contributed by atoms with Gasteiger partial charge in [0.1, 0.15) is 5.82 Å². The molecule has 4 aromatic rings. The number of carbonyl (C=O) groups is 1. The van der Waals surface area contributed by atoms with Gasteiger partial charge in [-0.05, 0) is 23.8 Å². The maximum atomic E-state index is 13.8. The Balaban J connectivity index is 1.79. The number of aliphatic imine (C=N–C) groups is 1. The number of benzene rings is 3. The maximum Gasteiger partial charge on any atom is 0.330 e. The molecule has 0 fully saturated rings. The van der Waals surface area contributed by atoms with Crippen LogP contribution in [0.4, 0.5) is 4.39 Å². The summed E-state index contributed by atoms with van der Waals surface area (Å²) in [6, 6.07) is 23.2. The first-order valence-corrected chi connectivity index (χ1v) is 9.67. The van der Waals surface area contributed by atoms with Gasteiger partial charge in [-0.2, -0.15) is 0 Å². The van der Waals surface area contributed by atoms with Gasteiger partial charge in [0.2, 0.25) is 0 Å². The van der Waals surface area contributed by atoms with E-state index in [4.69, 9.17) is 9.73 Å². The molecule has 1 aromatic heterocycles. The van der Waals surface area contributed by atoms with Gasteiger partial charge in [0, 0.05) is 34.6 Å². The minimum Gasteiger partial charge on any atom is -0.467 e. The summed E-state index contributed by atoms with van der Waals surface area (Å²) in [7, 11) is 1.35. The van der Waals surface area contributed by atoms with Crippen molar-refractivity contribution >= 4 is 22.6 Å². The highest BCUT2D eigenvalue weighted by Crippen LogP contribution is 2.23. The van der Waals surface area contributed by atoms with Crippen LogP contribution in [-0.4, -0.2) is 29.8 Å². The molecule has 4 rings (SSSR count). The third-order valence-corrected chi connectivity index (χ3v) is 5.00. The van der Waals surface area contributed by atoms with Crippen LogP contribution < -0.4 is 0 Å². The Bertz CT molecular complexity index is 1140. The Labute approximate surface area is 174 Å². The first-order valence-electron chi connectivity index (χ1n) is 9.67. The van der Waals surface area contributed by atoms with Gasteiger partial charge in [-0.3, -0.25) is 4.99 Å². The van der Waals surface area contributed by atoms with Gasteiger partial charge >= 0.3 is 5.97 Å². The monoisotopic (exact) mass is 400 g/mol. The number of fused-ring (bicyclic) bond motifs is 1. The fraction of sp³-hybridized carbons (Fsp3) is 0.120. The summed E-state index contributed by atoms with van der Waals surface area (Å²) in [5.74, 6) is -0.763. The molecule has 0 radical (unpaired) electrons. The van der Waals surface area contributed by atoms with Crippen LogP contribution in [0.5, 0.6) is 0 Å². The molecular weight excluding hydrogens is 379 g/mol. The van der Waals surface area contributed by atoms with Crippen molar-refractivity contribution in [2.24, 2.45) is 4.99 Å². The lowest BCUT2D eigenvalue weighted by atomic mass is 10.0. The number of rotatable bonds is 6. The lowest BCUT2D eigenvalue weighted by molar-refractivity contribution is -0.142. The van der Waals surface area contributed by atoms with Crippen molar-refractivity contribution in [2.75, 3.05) is 7.11 Å². The van der Waals surface area contributed by atoms with E-state index < -0.39 is 12.0 Å². The zero-order valence-electron chi connectivity index (χ0n) is 16.5. The van der Waals surface area contributed by atoms with Crippen molar-refractivity contribution in [1.29, 1.82) is 0 Å². The largest absolute Gasteiger partial charge is 0.467 e. The van der Waals surface area contributed by atoms with E-state index in [2.05, 4.69) is 4.98 Å². The third kappa shape index (κ3) is 4.15. The van der Waals surface area contributed by atoms with E-state index in [-0.39, 0.29) is 5.82 Å². The highest BCUT2D eigenvalue weighted by Gasteiger charge is 2.22. The van der Waals surface area contributed by atoms with Crippen molar-refractivity contribution in [3.63, 3.8) is 0 Å². The number of hydrogen-bond acceptors (Lipinski definition) is 3. The van der Waals surface area contributed by atoms with E-state index in [1.807, 2.05) is 60.7 Å². The van der Waals surface area contributed by atoms with Crippen LogP contribution in [0.25, 0.3) is 10.9 Å². The average Bonchev–Trinajstić information content (AvgIpc) is 3.19. The van der Waals surface area contributed by atoms with Crippen LogP contribution in [0.1, 0.15) is 16.7 Å². The molecule has 1 N–H and O–H groups in total. The van der Waals surface area contributed by atoms with Gasteiger partial charge in [0.25, 0.3) is 0 Å². The Morgan fingerprint density at radius 2 is 1.63 bits per heavy atom. The van der Waals surface area contributed by atoms with Crippen molar-refractivity contribution in [3.8, 4) is 0 Å². The molecule has 30 heavy (non-hydrogen) atoms. The Morgan fingerprint density at radius 1 is 1.00 bits per heavy atom. The summed E-state index contributed by atoms with van der Waals surface area (Å²) in [5.41, 5.74) is 4.14. The number of methoxy groups -OCH3 is 1. The summed E-state index contributed by atoms with van der Waals surface area (Å²) in [4.78, 5) is 20.6. The average molecular weight is 400 g/mol. The lowest BCUT2D eigenvalue weighted by Gasteiger charge is -2.14. The minimum atomic E-state index is -0.771. The van der Waals surface area contributed by atoms with Crippen molar-refractivity contribution in [3.05, 3.63) is 108 Å². The number of esters is 1. The highest BCUT2D eigenvalue weighted by atomic mass is 19.1. The van der Waals surface area contributed by atoms with E-state index in [1.165, 1.54) is 19.2 Å². The molecule has 3 aromatic carbocycles. The molecule has 0 aliphatic heterocycles. The smallest absolute Gasteiger partial charge is 0.330 e. The minimum absolute atomic E-state index is 0.291. The highest BCUT2D eigenvalue weighted by molar-refractivity contribution is 6.13. The van der Waals surface area contributed by atoms with Gasteiger partial charge in [-0.25, -0.2) is 9.18 Å². The van der Waals surface area contributed by atoms with E-state index in [0.29, 0.717) is 12.1 Å². The van der Waals surface area contributed by atoms with Gasteiger partial charge in [0.05, 0.1) is 12.8 Å². The second kappa shape index (κ2) is 8.74. The Morgan fingerprint density at radius 3 is 2.23 bits per heavy atom. The first-order chi connectivity index (χ1) is 14.7. The second-order valence-corrected chi connectivity index (χ2v) is 6.96. The predicted octanol–water partition coefficient (Wildman–Crippen LogP) is 4.93. The van der Waals surface area contributed by atoms with E-state index in [9.17, 15) is 9.18 Å². The van der Waals surface area contributed by atoms with Gasteiger partial charge in [0.15, 0.2) is 6.04 Å². The summed E-state index contributed by atoms with van der Waals surface area (Å²) in [5, 5.41) is 0.736.